The maximum Gasteiger partial charge on any atom is 0.324 e. The number of urea groups is 1. The first kappa shape index (κ1) is 24.1. The number of halogens is 1. The van der Waals surface area contributed by atoms with Crippen LogP contribution in [0.15, 0.2) is 58.2 Å². The van der Waals surface area contributed by atoms with Crippen molar-refractivity contribution >= 4 is 28.9 Å². The van der Waals surface area contributed by atoms with E-state index in [2.05, 4.69) is 14.9 Å². The van der Waals surface area contributed by atoms with E-state index in [9.17, 15) is 19.1 Å². The maximum absolute atomic E-state index is 13.5. The third-order valence-electron chi connectivity index (χ3n) is 7.01. The Morgan fingerprint density at radius 2 is 1.87 bits per heavy atom. The minimum Gasteiger partial charge on any atom is -0.501 e. The van der Waals surface area contributed by atoms with Gasteiger partial charge in [0.15, 0.2) is 11.3 Å². The monoisotopic (exact) mass is 520 g/mol. The van der Waals surface area contributed by atoms with Gasteiger partial charge in [-0.05, 0) is 23.8 Å². The number of likely N-dealkylation sites (N-methyl/N-ethyl adjacent to an activating group) is 1. The highest BCUT2D eigenvalue weighted by Gasteiger charge is 2.32. The van der Waals surface area contributed by atoms with Gasteiger partial charge in [0.2, 0.25) is 5.75 Å². The number of pyridine rings is 1. The first-order valence-corrected chi connectivity index (χ1v) is 12.4. The number of anilines is 2. The molecule has 38 heavy (non-hydrogen) atoms. The molecule has 0 saturated carbocycles. The second kappa shape index (κ2) is 9.54. The molecule has 2 fully saturated rings. The fourth-order valence-electron chi connectivity index (χ4n) is 4.91. The zero-order valence-corrected chi connectivity index (χ0v) is 20.8. The summed E-state index contributed by atoms with van der Waals surface area (Å²) in [4.78, 5) is 40.8. The zero-order chi connectivity index (χ0) is 26.4. The number of morpholine rings is 1. The minimum atomic E-state index is -0.649. The van der Waals surface area contributed by atoms with Crippen LogP contribution in [-0.2, 0) is 11.2 Å². The van der Waals surface area contributed by atoms with Crippen molar-refractivity contribution in [1.29, 1.82) is 0 Å². The number of carbonyl (C=O) groups excluding carboxylic acids is 1. The summed E-state index contributed by atoms with van der Waals surface area (Å²) in [7, 11) is 1.73. The highest BCUT2D eigenvalue weighted by atomic mass is 19.1. The van der Waals surface area contributed by atoms with E-state index in [4.69, 9.17) is 4.74 Å². The number of allylic oxidation sites excluding steroid dienone is 1. The van der Waals surface area contributed by atoms with Gasteiger partial charge in [0.1, 0.15) is 11.5 Å². The van der Waals surface area contributed by atoms with Crippen LogP contribution < -0.4 is 20.7 Å². The number of hydrogen-bond acceptors (Lipinski definition) is 7. The smallest absolute Gasteiger partial charge is 0.324 e. The molecule has 1 aromatic carbocycles. The average molecular weight is 521 g/mol. The van der Waals surface area contributed by atoms with Crippen molar-refractivity contribution < 1.29 is 24.3 Å². The number of nitrogens with two attached hydrogens (primary N) is 1. The lowest BCUT2D eigenvalue weighted by molar-refractivity contribution is -0.481. The number of amides is 2. The van der Waals surface area contributed by atoms with Crippen molar-refractivity contribution in [3.8, 4) is 5.75 Å². The number of benzene rings is 1. The molecule has 3 N–H and O–H groups in total. The average Bonchev–Trinajstić information content (AvgIpc) is 3.53. The van der Waals surface area contributed by atoms with Gasteiger partial charge in [-0.25, -0.2) is 14.2 Å². The Morgan fingerprint density at radius 1 is 1.11 bits per heavy atom. The fraction of sp³-hybridized carbons (Fsp3) is 0.308. The number of rotatable bonds is 5. The molecule has 196 valence electrons. The van der Waals surface area contributed by atoms with E-state index in [1.165, 1.54) is 16.5 Å². The van der Waals surface area contributed by atoms with Crippen LogP contribution in [0.4, 0.5) is 20.6 Å². The van der Waals surface area contributed by atoms with Gasteiger partial charge in [0.25, 0.3) is 5.84 Å². The zero-order valence-electron chi connectivity index (χ0n) is 20.8. The molecular weight excluding hydrogens is 493 g/mol. The van der Waals surface area contributed by atoms with Gasteiger partial charge >= 0.3 is 11.6 Å². The Labute approximate surface area is 217 Å². The lowest BCUT2D eigenvalue weighted by atomic mass is 10.1. The van der Waals surface area contributed by atoms with Crippen LogP contribution in [0, 0.1) is 5.82 Å². The van der Waals surface area contributed by atoms with Gasteiger partial charge in [0.05, 0.1) is 30.8 Å². The largest absolute Gasteiger partial charge is 0.501 e. The number of aromatic hydroxyl groups is 1. The van der Waals surface area contributed by atoms with Crippen LogP contribution in [0.25, 0.3) is 5.65 Å². The molecule has 12 heteroatoms. The molecule has 0 spiro atoms. The predicted octanol–water partition coefficient (Wildman–Crippen LogP) is 0.655. The van der Waals surface area contributed by atoms with E-state index in [1.54, 1.807) is 46.7 Å². The fourth-order valence-corrected chi connectivity index (χ4v) is 4.91. The van der Waals surface area contributed by atoms with Gasteiger partial charge in [-0.1, -0.05) is 12.1 Å². The van der Waals surface area contributed by atoms with Gasteiger partial charge in [-0.3, -0.25) is 19.4 Å². The van der Waals surface area contributed by atoms with Crippen molar-refractivity contribution in [3.05, 3.63) is 75.9 Å². The Bertz CT molecular complexity index is 1540. The molecule has 3 aromatic rings. The molecule has 2 amide bonds. The number of fused-ring (bicyclic) bond motifs is 1. The molecule has 6 rings (SSSR count). The van der Waals surface area contributed by atoms with Gasteiger partial charge in [0, 0.05) is 45.8 Å². The second-order valence-corrected chi connectivity index (χ2v) is 9.51. The van der Waals surface area contributed by atoms with Gasteiger partial charge < -0.3 is 19.6 Å². The number of ether oxygens (including phenoxy) is 1. The van der Waals surface area contributed by atoms with E-state index in [0.717, 1.165) is 16.9 Å². The lowest BCUT2D eigenvalue weighted by Gasteiger charge is -2.30. The third kappa shape index (κ3) is 4.27. The number of carbonyl (C=O) groups is 1. The Morgan fingerprint density at radius 3 is 2.58 bits per heavy atom. The van der Waals surface area contributed by atoms with Crippen LogP contribution in [0.3, 0.4) is 0 Å². The first-order valence-electron chi connectivity index (χ1n) is 12.4. The highest BCUT2D eigenvalue weighted by Crippen LogP contribution is 2.30. The Balaban J connectivity index is 1.40. The number of quaternary nitrogens is 1. The SMILES string of the molecule is CN1CCN(c2cc(N3CCOCC3)cn3c(=O)c(O)c(C4=NC=C(Cc5ccc(F)cc5)[NH2+]4)nc23)C1=O. The molecule has 3 aliphatic rings. The quantitative estimate of drug-likeness (QED) is 0.510. The van der Waals surface area contributed by atoms with Crippen molar-refractivity contribution in [2.45, 2.75) is 6.42 Å². The van der Waals surface area contributed by atoms with Crippen LogP contribution in [-0.4, -0.2) is 77.7 Å². The van der Waals surface area contributed by atoms with Gasteiger partial charge in [-0.15, -0.1) is 0 Å². The van der Waals surface area contributed by atoms with Crippen LogP contribution in [0.1, 0.15) is 11.3 Å². The van der Waals surface area contributed by atoms with Gasteiger partial charge in [-0.2, -0.15) is 4.99 Å². The molecule has 0 radical (unpaired) electrons. The summed E-state index contributed by atoms with van der Waals surface area (Å²) in [5.41, 5.74) is 2.60. The molecule has 5 heterocycles. The third-order valence-corrected chi connectivity index (χ3v) is 7.01. The Hall–Kier alpha value is -4.29. The van der Waals surface area contributed by atoms with Crippen molar-refractivity contribution in [1.82, 2.24) is 14.3 Å². The molecule has 0 unspecified atom stereocenters. The summed E-state index contributed by atoms with van der Waals surface area (Å²) in [6.07, 6.45) is 3.79. The molecule has 3 aliphatic heterocycles. The summed E-state index contributed by atoms with van der Waals surface area (Å²) in [6.45, 7) is 3.37. The highest BCUT2D eigenvalue weighted by molar-refractivity contribution is 5.99. The summed E-state index contributed by atoms with van der Waals surface area (Å²) < 4.78 is 20.0. The predicted molar refractivity (Wildman–Crippen MR) is 138 cm³/mol. The first-order chi connectivity index (χ1) is 18.4. The lowest BCUT2D eigenvalue weighted by Crippen LogP contribution is -2.85. The van der Waals surface area contributed by atoms with Crippen LogP contribution in [0.5, 0.6) is 5.75 Å². The number of aromatic nitrogens is 2. The van der Waals surface area contributed by atoms with E-state index in [-0.39, 0.29) is 23.2 Å². The van der Waals surface area contributed by atoms with Crippen molar-refractivity contribution in [2.75, 3.05) is 56.2 Å². The van der Waals surface area contributed by atoms with E-state index < -0.39 is 11.3 Å². The molecule has 0 atom stereocenters. The van der Waals surface area contributed by atoms with Crippen molar-refractivity contribution in [3.63, 3.8) is 0 Å². The normalized spacial score (nSPS) is 17.9. The van der Waals surface area contributed by atoms with Crippen LogP contribution >= 0.6 is 0 Å². The maximum atomic E-state index is 13.5. The number of aliphatic imine (C=N–C) groups is 1. The topological polar surface area (TPSA) is 120 Å². The summed E-state index contributed by atoms with van der Waals surface area (Å²) >= 11 is 0. The standard InChI is InChI=1S/C26H26FN7O4/c1-31-6-7-33(26(31)37)20-13-19(32-8-10-38-11-9-32)15-34-24(20)30-21(22(35)25(34)36)23-28-14-18(29-23)12-16-2-4-17(27)5-3-16/h2-5,13-15,35H,6-12H2,1H3,(H,28,29)/p+1. The molecule has 2 aromatic heterocycles. The number of amidine groups is 1. The number of nitrogens with zero attached hydrogens (tertiary/aromatic N) is 6. The van der Waals surface area contributed by atoms with E-state index >= 15 is 0 Å². The van der Waals surface area contributed by atoms with Crippen LogP contribution in [0.2, 0.25) is 0 Å². The molecule has 11 nitrogen and oxygen atoms in total. The Kier molecular flexibility index (Phi) is 6.04. The second-order valence-electron chi connectivity index (χ2n) is 9.51. The summed E-state index contributed by atoms with van der Waals surface area (Å²) in [5, 5.41) is 12.7. The molecule has 2 saturated heterocycles. The summed E-state index contributed by atoms with van der Waals surface area (Å²) in [6, 6.07) is 7.86. The molecule has 0 aliphatic carbocycles. The van der Waals surface area contributed by atoms with Crippen molar-refractivity contribution in [2.24, 2.45) is 4.99 Å². The number of hydrogen-bond donors (Lipinski definition) is 2. The minimum absolute atomic E-state index is 0.0423. The van der Waals surface area contributed by atoms with E-state index in [0.29, 0.717) is 57.3 Å². The molecular formula is C26H27FN7O4+. The molecule has 0 bridgehead atoms. The van der Waals surface area contributed by atoms with E-state index in [1.807, 2.05) is 6.07 Å². The summed E-state index contributed by atoms with van der Waals surface area (Å²) in [5.74, 6) is -0.493.